The summed E-state index contributed by atoms with van der Waals surface area (Å²) < 4.78 is 45.6. The summed E-state index contributed by atoms with van der Waals surface area (Å²) in [5.74, 6) is 0.00166. The van der Waals surface area contributed by atoms with Gasteiger partial charge in [0.2, 0.25) is 11.9 Å². The van der Waals surface area contributed by atoms with Gasteiger partial charge in [0, 0.05) is 57.3 Å². The number of ether oxygens (including phenoxy) is 1. The number of rotatable bonds is 6. The highest BCUT2D eigenvalue weighted by molar-refractivity contribution is 5.82. The number of anilines is 2. The van der Waals surface area contributed by atoms with Crippen LogP contribution in [-0.2, 0) is 22.1 Å². The summed E-state index contributed by atoms with van der Waals surface area (Å²) in [7, 11) is 0. The van der Waals surface area contributed by atoms with E-state index in [1.165, 1.54) is 6.07 Å². The maximum atomic E-state index is 13.4. The molecular weight excluding hydrogens is 473 g/mol. The van der Waals surface area contributed by atoms with Gasteiger partial charge < -0.3 is 19.9 Å². The van der Waals surface area contributed by atoms with Crippen molar-refractivity contribution in [3.8, 4) is 0 Å². The van der Waals surface area contributed by atoms with Crippen molar-refractivity contribution in [3.63, 3.8) is 0 Å². The van der Waals surface area contributed by atoms with Crippen molar-refractivity contribution in [2.45, 2.75) is 25.1 Å². The third-order valence-electron chi connectivity index (χ3n) is 7.26. The first-order valence-electron chi connectivity index (χ1n) is 12.5. The highest BCUT2D eigenvalue weighted by atomic mass is 19.4. The average Bonchev–Trinajstić information content (AvgIpc) is 2.90. The quantitative estimate of drug-likeness (QED) is 0.605. The van der Waals surface area contributed by atoms with Gasteiger partial charge >= 0.3 is 6.18 Å². The molecule has 0 saturated carbocycles. The normalized spacial score (nSPS) is 22.6. The molecule has 5 rings (SSSR count). The Kier molecular flexibility index (Phi) is 7.29. The number of carbonyl (C=O) groups excluding carboxylic acids is 1. The number of alkyl halides is 3. The van der Waals surface area contributed by atoms with E-state index in [1.807, 2.05) is 0 Å². The number of benzene rings is 1. The van der Waals surface area contributed by atoms with Crippen LogP contribution in [0.2, 0.25) is 0 Å². The lowest BCUT2D eigenvalue weighted by Gasteiger charge is -2.49. The number of fused-ring (bicyclic) bond motifs is 3. The number of hydrogen-bond acceptors (Lipinski definition) is 7. The lowest BCUT2D eigenvalue weighted by Crippen LogP contribution is -2.61. The summed E-state index contributed by atoms with van der Waals surface area (Å²) >= 11 is 0. The molecule has 0 aliphatic carbocycles. The van der Waals surface area contributed by atoms with Crippen molar-refractivity contribution in [1.29, 1.82) is 0 Å². The predicted octanol–water partition coefficient (Wildman–Crippen LogP) is 2.20. The van der Waals surface area contributed by atoms with Crippen LogP contribution in [-0.4, -0.2) is 85.8 Å². The summed E-state index contributed by atoms with van der Waals surface area (Å²) in [6, 6.07) is 5.45. The highest BCUT2D eigenvalue weighted by Crippen LogP contribution is 2.40. The van der Waals surface area contributed by atoms with E-state index >= 15 is 0 Å². The van der Waals surface area contributed by atoms with E-state index in [1.54, 1.807) is 24.5 Å². The smallest absolute Gasteiger partial charge is 0.379 e. The van der Waals surface area contributed by atoms with E-state index in [2.05, 4.69) is 30.0 Å². The Morgan fingerprint density at radius 3 is 2.64 bits per heavy atom. The van der Waals surface area contributed by atoms with Crippen LogP contribution in [0, 0.1) is 5.92 Å². The lowest BCUT2D eigenvalue weighted by atomic mass is 9.82. The van der Waals surface area contributed by atoms with Gasteiger partial charge in [0.15, 0.2) is 0 Å². The monoisotopic (exact) mass is 504 g/mol. The van der Waals surface area contributed by atoms with Crippen molar-refractivity contribution in [3.05, 3.63) is 47.8 Å². The fourth-order valence-corrected chi connectivity index (χ4v) is 5.41. The molecule has 4 heterocycles. The first-order valence-corrected chi connectivity index (χ1v) is 12.5. The lowest BCUT2D eigenvalue weighted by molar-refractivity contribution is -0.137. The molecule has 1 amide bonds. The van der Waals surface area contributed by atoms with Gasteiger partial charge in [0.25, 0.3) is 0 Å². The Morgan fingerprint density at radius 1 is 1.11 bits per heavy atom. The molecule has 11 heteroatoms. The second kappa shape index (κ2) is 10.6. The van der Waals surface area contributed by atoms with Crippen LogP contribution in [0.4, 0.5) is 24.8 Å². The predicted molar refractivity (Wildman–Crippen MR) is 129 cm³/mol. The van der Waals surface area contributed by atoms with Crippen LogP contribution in [0.15, 0.2) is 36.7 Å². The molecule has 194 valence electrons. The van der Waals surface area contributed by atoms with E-state index in [-0.39, 0.29) is 18.4 Å². The van der Waals surface area contributed by atoms with Crippen molar-refractivity contribution in [2.75, 3.05) is 68.8 Å². The topological polar surface area (TPSA) is 73.8 Å². The summed E-state index contributed by atoms with van der Waals surface area (Å²) in [6.07, 6.45) is 0.0156. The minimum atomic E-state index is -4.42. The molecule has 3 aliphatic heterocycles. The second-order valence-corrected chi connectivity index (χ2v) is 9.51. The molecule has 3 aliphatic rings. The maximum absolute atomic E-state index is 13.4. The Morgan fingerprint density at radius 2 is 1.89 bits per heavy atom. The fraction of sp³-hybridized carbons (Fsp3) is 0.560. The Bertz CT molecular complexity index is 1050. The number of piperazine rings is 1. The van der Waals surface area contributed by atoms with Crippen molar-refractivity contribution in [2.24, 2.45) is 5.92 Å². The van der Waals surface area contributed by atoms with Crippen LogP contribution in [0.25, 0.3) is 0 Å². The van der Waals surface area contributed by atoms with Crippen LogP contribution in [0.3, 0.4) is 0 Å². The summed E-state index contributed by atoms with van der Waals surface area (Å²) in [4.78, 5) is 28.6. The number of halogens is 3. The number of morpholine rings is 1. The largest absolute Gasteiger partial charge is 0.416 e. The van der Waals surface area contributed by atoms with Gasteiger partial charge in [0.1, 0.15) is 0 Å². The first kappa shape index (κ1) is 24.8. The summed E-state index contributed by atoms with van der Waals surface area (Å²) in [5, 5.41) is 3.06. The van der Waals surface area contributed by atoms with E-state index in [0.717, 1.165) is 51.0 Å². The molecule has 0 spiro atoms. The van der Waals surface area contributed by atoms with Crippen LogP contribution < -0.4 is 15.1 Å². The highest BCUT2D eigenvalue weighted by Gasteiger charge is 2.43. The van der Waals surface area contributed by atoms with E-state index in [9.17, 15) is 18.0 Å². The van der Waals surface area contributed by atoms with Crippen LogP contribution in [0.5, 0.6) is 0 Å². The molecule has 1 aromatic carbocycles. The molecule has 0 unspecified atom stereocenters. The molecule has 8 nitrogen and oxygen atoms in total. The van der Waals surface area contributed by atoms with Crippen molar-refractivity contribution < 1.29 is 22.7 Å². The minimum Gasteiger partial charge on any atom is -0.379 e. The third kappa shape index (κ3) is 5.41. The maximum Gasteiger partial charge on any atom is 0.416 e. The third-order valence-corrected chi connectivity index (χ3v) is 7.26. The van der Waals surface area contributed by atoms with Gasteiger partial charge in [-0.3, -0.25) is 9.69 Å². The molecule has 2 saturated heterocycles. The molecule has 0 bridgehead atoms. The van der Waals surface area contributed by atoms with Crippen LogP contribution in [0.1, 0.15) is 17.5 Å². The average molecular weight is 505 g/mol. The number of nitrogens with zero attached hydrogens (tertiary/aromatic N) is 5. The Hall–Kier alpha value is -2.92. The molecule has 36 heavy (non-hydrogen) atoms. The summed E-state index contributed by atoms with van der Waals surface area (Å²) in [6.45, 7) is 6.36. The molecule has 2 aromatic rings. The zero-order valence-corrected chi connectivity index (χ0v) is 20.1. The number of nitrogens with one attached hydrogen (secondary N) is 1. The van der Waals surface area contributed by atoms with E-state index < -0.39 is 17.7 Å². The standard InChI is InChI=1S/C25H31F3N6O2/c26-25(27,28)19-3-4-21-18(15-19)16-20(23(35)29-7-2-8-32-11-13-36-14-12-32)22-17-33(9-10-34(21)22)24-30-5-1-6-31-24/h1,3-6,15,20,22H,2,7-14,16-17H2,(H,29,35)/t20-,22-/m0/s1. The molecule has 2 fully saturated rings. The molecule has 2 atom stereocenters. The molecule has 1 N–H and O–H groups in total. The fourth-order valence-electron chi connectivity index (χ4n) is 5.41. The van der Waals surface area contributed by atoms with Gasteiger partial charge in [0.05, 0.1) is 30.7 Å². The Balaban J connectivity index is 1.32. The van der Waals surface area contributed by atoms with E-state index in [0.29, 0.717) is 37.7 Å². The van der Waals surface area contributed by atoms with Crippen molar-refractivity contribution >= 4 is 17.5 Å². The zero-order chi connectivity index (χ0) is 25.1. The number of amides is 1. The number of aromatic nitrogens is 2. The molecule has 0 radical (unpaired) electrons. The van der Waals surface area contributed by atoms with Gasteiger partial charge in [-0.05, 0) is 49.2 Å². The number of hydrogen-bond donors (Lipinski definition) is 1. The molecular formula is C25H31F3N6O2. The number of carbonyl (C=O) groups is 1. The van der Waals surface area contributed by atoms with Gasteiger partial charge in [-0.1, -0.05) is 0 Å². The molecule has 1 aromatic heterocycles. The second-order valence-electron chi connectivity index (χ2n) is 9.51. The van der Waals surface area contributed by atoms with Gasteiger partial charge in [-0.15, -0.1) is 0 Å². The Labute approximate surface area is 208 Å². The van der Waals surface area contributed by atoms with E-state index in [4.69, 9.17) is 4.74 Å². The van der Waals surface area contributed by atoms with Crippen LogP contribution >= 0.6 is 0 Å². The van der Waals surface area contributed by atoms with Crippen molar-refractivity contribution in [1.82, 2.24) is 20.2 Å². The SMILES string of the molecule is O=C(NCCCN1CCOCC1)[C@H]1Cc2cc(C(F)(F)F)ccc2N2CCN(c3ncccn3)C[C@@H]12. The first-order chi connectivity index (χ1) is 17.4. The van der Waals surface area contributed by atoms with Gasteiger partial charge in [-0.2, -0.15) is 13.2 Å². The summed E-state index contributed by atoms with van der Waals surface area (Å²) in [5.41, 5.74) is 0.664. The minimum absolute atomic E-state index is 0.120. The van der Waals surface area contributed by atoms with Gasteiger partial charge in [-0.25, -0.2) is 9.97 Å². The zero-order valence-electron chi connectivity index (χ0n) is 20.1.